The van der Waals surface area contributed by atoms with E-state index in [-0.39, 0.29) is 6.10 Å². The lowest BCUT2D eigenvalue weighted by atomic mass is 9.58. The molecular formula is C16H32O. The van der Waals surface area contributed by atoms with Gasteiger partial charge in [0, 0.05) is 0 Å². The minimum atomic E-state index is -0.0746. The van der Waals surface area contributed by atoms with Gasteiger partial charge in [-0.2, -0.15) is 0 Å². The van der Waals surface area contributed by atoms with Gasteiger partial charge in [0.15, 0.2) is 0 Å². The van der Waals surface area contributed by atoms with Crippen LogP contribution in [0.5, 0.6) is 0 Å². The molecule has 1 fully saturated rings. The van der Waals surface area contributed by atoms with Crippen molar-refractivity contribution in [1.29, 1.82) is 0 Å². The molecule has 1 N–H and O–H groups in total. The number of hydrogen-bond donors (Lipinski definition) is 1. The topological polar surface area (TPSA) is 20.2 Å². The van der Waals surface area contributed by atoms with Crippen LogP contribution in [0.4, 0.5) is 0 Å². The molecule has 0 aromatic heterocycles. The van der Waals surface area contributed by atoms with Crippen molar-refractivity contribution < 1.29 is 5.11 Å². The summed E-state index contributed by atoms with van der Waals surface area (Å²) in [5.74, 6) is 2.55. The third-order valence-corrected chi connectivity index (χ3v) is 5.49. The highest BCUT2D eigenvalue weighted by molar-refractivity contribution is 4.90. The predicted octanol–water partition coefficient (Wildman–Crippen LogP) is 4.64. The predicted molar refractivity (Wildman–Crippen MR) is 75.0 cm³/mol. The molecular weight excluding hydrogens is 208 g/mol. The van der Waals surface area contributed by atoms with Crippen LogP contribution in [0.2, 0.25) is 0 Å². The van der Waals surface area contributed by atoms with E-state index >= 15 is 0 Å². The van der Waals surface area contributed by atoms with Crippen LogP contribution in [0, 0.1) is 23.2 Å². The zero-order valence-corrected chi connectivity index (χ0v) is 12.5. The Balaban J connectivity index is 2.48. The normalized spacial score (nSPS) is 34.6. The fourth-order valence-corrected chi connectivity index (χ4v) is 3.62. The molecule has 0 bridgehead atoms. The Bertz CT molecular complexity index is 222. The SMILES string of the molecule is CCC(O)CCCC1C(C)CCC(C)C1(C)C. The van der Waals surface area contributed by atoms with Crippen LogP contribution in [0.15, 0.2) is 0 Å². The van der Waals surface area contributed by atoms with Gasteiger partial charge in [-0.05, 0) is 48.9 Å². The van der Waals surface area contributed by atoms with E-state index in [1.165, 1.54) is 25.7 Å². The van der Waals surface area contributed by atoms with Crippen molar-refractivity contribution in [3.63, 3.8) is 0 Å². The van der Waals surface area contributed by atoms with Crippen LogP contribution < -0.4 is 0 Å². The van der Waals surface area contributed by atoms with Gasteiger partial charge in [0.25, 0.3) is 0 Å². The summed E-state index contributed by atoms with van der Waals surface area (Å²) in [4.78, 5) is 0. The van der Waals surface area contributed by atoms with E-state index in [4.69, 9.17) is 0 Å². The highest BCUT2D eigenvalue weighted by Crippen LogP contribution is 2.49. The van der Waals surface area contributed by atoms with Gasteiger partial charge in [-0.1, -0.05) is 47.5 Å². The molecule has 1 heteroatoms. The second-order valence-corrected chi connectivity index (χ2v) is 6.88. The Morgan fingerprint density at radius 1 is 1.24 bits per heavy atom. The molecule has 0 saturated heterocycles. The van der Waals surface area contributed by atoms with E-state index in [0.29, 0.717) is 5.41 Å². The number of hydrogen-bond acceptors (Lipinski definition) is 1. The molecule has 1 saturated carbocycles. The van der Waals surface area contributed by atoms with E-state index in [9.17, 15) is 5.11 Å². The van der Waals surface area contributed by atoms with Gasteiger partial charge in [0.2, 0.25) is 0 Å². The third-order valence-electron chi connectivity index (χ3n) is 5.49. The monoisotopic (exact) mass is 240 g/mol. The Morgan fingerprint density at radius 3 is 2.47 bits per heavy atom. The average Bonchev–Trinajstić information content (AvgIpc) is 2.28. The fourth-order valence-electron chi connectivity index (χ4n) is 3.62. The van der Waals surface area contributed by atoms with Gasteiger partial charge in [0.05, 0.1) is 6.10 Å². The molecule has 0 spiro atoms. The van der Waals surface area contributed by atoms with Crippen molar-refractivity contribution in [1.82, 2.24) is 0 Å². The van der Waals surface area contributed by atoms with Crippen LogP contribution in [0.3, 0.4) is 0 Å². The summed E-state index contributed by atoms with van der Waals surface area (Å²) < 4.78 is 0. The summed E-state index contributed by atoms with van der Waals surface area (Å²) in [7, 11) is 0. The fraction of sp³-hybridized carbons (Fsp3) is 1.00. The van der Waals surface area contributed by atoms with Crippen LogP contribution in [-0.2, 0) is 0 Å². The van der Waals surface area contributed by atoms with E-state index < -0.39 is 0 Å². The molecule has 4 atom stereocenters. The Morgan fingerprint density at radius 2 is 1.88 bits per heavy atom. The van der Waals surface area contributed by atoms with Crippen molar-refractivity contribution in [2.45, 2.75) is 79.2 Å². The molecule has 4 unspecified atom stereocenters. The van der Waals surface area contributed by atoms with Crippen LogP contribution in [0.25, 0.3) is 0 Å². The zero-order chi connectivity index (χ0) is 13.1. The highest BCUT2D eigenvalue weighted by Gasteiger charge is 2.40. The molecule has 1 aliphatic rings. The van der Waals surface area contributed by atoms with Gasteiger partial charge < -0.3 is 5.11 Å². The van der Waals surface area contributed by atoms with Crippen molar-refractivity contribution in [3.8, 4) is 0 Å². The lowest BCUT2D eigenvalue weighted by Crippen LogP contribution is -2.39. The van der Waals surface area contributed by atoms with Crippen LogP contribution in [0.1, 0.15) is 73.1 Å². The van der Waals surface area contributed by atoms with Gasteiger partial charge in [-0.3, -0.25) is 0 Å². The van der Waals surface area contributed by atoms with E-state index in [1.54, 1.807) is 0 Å². The molecule has 17 heavy (non-hydrogen) atoms. The largest absolute Gasteiger partial charge is 0.393 e. The molecule has 0 radical (unpaired) electrons. The first-order valence-corrected chi connectivity index (χ1v) is 7.57. The van der Waals surface area contributed by atoms with Crippen molar-refractivity contribution in [3.05, 3.63) is 0 Å². The van der Waals surface area contributed by atoms with Gasteiger partial charge in [-0.25, -0.2) is 0 Å². The number of rotatable bonds is 5. The molecule has 0 aliphatic heterocycles. The van der Waals surface area contributed by atoms with Crippen LogP contribution >= 0.6 is 0 Å². The summed E-state index contributed by atoms with van der Waals surface area (Å²) in [6, 6.07) is 0. The van der Waals surface area contributed by atoms with Crippen LogP contribution in [-0.4, -0.2) is 11.2 Å². The number of aliphatic hydroxyl groups excluding tert-OH is 1. The maximum absolute atomic E-state index is 9.64. The molecule has 0 aromatic carbocycles. The molecule has 1 aliphatic carbocycles. The Hall–Kier alpha value is -0.0400. The van der Waals surface area contributed by atoms with Gasteiger partial charge >= 0.3 is 0 Å². The lowest BCUT2D eigenvalue weighted by molar-refractivity contribution is 0.0184. The van der Waals surface area contributed by atoms with E-state index in [2.05, 4.69) is 34.6 Å². The average molecular weight is 240 g/mol. The third kappa shape index (κ3) is 3.71. The molecule has 0 amide bonds. The first-order chi connectivity index (χ1) is 7.89. The maximum atomic E-state index is 9.64. The summed E-state index contributed by atoms with van der Waals surface area (Å²) in [6.45, 7) is 11.8. The summed E-state index contributed by atoms with van der Waals surface area (Å²) in [5.41, 5.74) is 0.481. The Kier molecular flexibility index (Phi) is 5.50. The zero-order valence-electron chi connectivity index (χ0n) is 12.5. The van der Waals surface area contributed by atoms with Crippen molar-refractivity contribution in [2.24, 2.45) is 23.2 Å². The van der Waals surface area contributed by atoms with Crippen molar-refractivity contribution in [2.75, 3.05) is 0 Å². The van der Waals surface area contributed by atoms with Gasteiger partial charge in [-0.15, -0.1) is 0 Å². The second-order valence-electron chi connectivity index (χ2n) is 6.88. The number of aliphatic hydroxyl groups is 1. The minimum Gasteiger partial charge on any atom is -0.393 e. The minimum absolute atomic E-state index is 0.0746. The lowest BCUT2D eigenvalue weighted by Gasteiger charge is -2.47. The first kappa shape index (κ1) is 15.0. The van der Waals surface area contributed by atoms with E-state index in [0.717, 1.165) is 30.6 Å². The quantitative estimate of drug-likeness (QED) is 0.742. The summed E-state index contributed by atoms with van der Waals surface area (Å²) in [6.07, 6.45) is 7.10. The van der Waals surface area contributed by atoms with E-state index in [1.807, 2.05) is 0 Å². The second kappa shape index (κ2) is 6.22. The van der Waals surface area contributed by atoms with Crippen molar-refractivity contribution >= 4 is 0 Å². The summed E-state index contributed by atoms with van der Waals surface area (Å²) in [5, 5.41) is 9.64. The molecule has 102 valence electrons. The Labute approximate surface area is 108 Å². The highest BCUT2D eigenvalue weighted by atomic mass is 16.3. The molecule has 1 rings (SSSR count). The molecule has 0 heterocycles. The maximum Gasteiger partial charge on any atom is 0.0537 e. The standard InChI is InChI=1S/C16H32O/c1-6-14(17)8-7-9-15-12(2)10-11-13(3)16(15,4)5/h12-15,17H,6-11H2,1-5H3. The molecule has 0 aromatic rings. The summed E-state index contributed by atoms with van der Waals surface area (Å²) >= 11 is 0. The smallest absolute Gasteiger partial charge is 0.0537 e. The van der Waals surface area contributed by atoms with Gasteiger partial charge in [0.1, 0.15) is 0 Å². The first-order valence-electron chi connectivity index (χ1n) is 7.57. The molecule has 1 nitrogen and oxygen atoms in total.